The second-order valence-corrected chi connectivity index (χ2v) is 11.2. The summed E-state index contributed by atoms with van der Waals surface area (Å²) in [6, 6.07) is 14.7. The normalized spacial score (nSPS) is 12.3. The molecule has 2 rings (SSSR count). The van der Waals surface area contributed by atoms with Gasteiger partial charge in [-0.15, -0.1) is 0 Å². The van der Waals surface area contributed by atoms with Gasteiger partial charge < -0.3 is 10.2 Å². The molecule has 198 valence electrons. The number of hydrogen-bond donors (Lipinski definition) is 1. The van der Waals surface area contributed by atoms with Crippen LogP contribution in [0, 0.1) is 11.7 Å². The van der Waals surface area contributed by atoms with Crippen molar-refractivity contribution in [1.82, 2.24) is 10.2 Å². The number of halogens is 1. The van der Waals surface area contributed by atoms with Crippen LogP contribution in [0.1, 0.15) is 45.6 Å². The van der Waals surface area contributed by atoms with Gasteiger partial charge in [-0.2, -0.15) is 0 Å². The van der Waals surface area contributed by atoms with Crippen LogP contribution in [0.25, 0.3) is 0 Å². The van der Waals surface area contributed by atoms with Crippen molar-refractivity contribution in [3.05, 3.63) is 66.0 Å². The van der Waals surface area contributed by atoms with Crippen LogP contribution in [0.4, 0.5) is 10.1 Å². The van der Waals surface area contributed by atoms with E-state index in [0.29, 0.717) is 25.9 Å². The summed E-state index contributed by atoms with van der Waals surface area (Å²) >= 11 is 0. The molecular weight excluding hydrogens is 481 g/mol. The number of nitrogens with one attached hydrogen (secondary N) is 1. The quantitative estimate of drug-likeness (QED) is 0.409. The zero-order chi connectivity index (χ0) is 26.7. The number of nitrogens with zero attached hydrogens (tertiary/aromatic N) is 2. The fourth-order valence-electron chi connectivity index (χ4n) is 3.95. The van der Waals surface area contributed by atoms with Gasteiger partial charge in [0.25, 0.3) is 0 Å². The van der Waals surface area contributed by atoms with E-state index in [0.717, 1.165) is 16.1 Å². The van der Waals surface area contributed by atoms with Crippen molar-refractivity contribution in [2.24, 2.45) is 5.92 Å². The number of para-hydroxylation sites is 1. The van der Waals surface area contributed by atoms with Crippen LogP contribution < -0.4 is 9.62 Å². The monoisotopic (exact) mass is 519 g/mol. The highest BCUT2D eigenvalue weighted by molar-refractivity contribution is 7.92. The smallest absolute Gasteiger partial charge is 0.242 e. The fourth-order valence-corrected chi connectivity index (χ4v) is 4.92. The van der Waals surface area contributed by atoms with Crippen LogP contribution >= 0.6 is 0 Å². The topological polar surface area (TPSA) is 86.8 Å². The fraction of sp³-hybridized carbons (Fsp3) is 0.481. The van der Waals surface area contributed by atoms with E-state index in [1.54, 1.807) is 11.0 Å². The van der Waals surface area contributed by atoms with Crippen molar-refractivity contribution in [2.45, 2.75) is 52.5 Å². The average Bonchev–Trinajstić information content (AvgIpc) is 2.83. The van der Waals surface area contributed by atoms with Gasteiger partial charge in [0.05, 0.1) is 11.9 Å². The predicted molar refractivity (Wildman–Crippen MR) is 142 cm³/mol. The molecule has 0 heterocycles. The van der Waals surface area contributed by atoms with E-state index < -0.39 is 21.9 Å². The number of carbonyl (C=O) groups excluding carboxylic acids is 2. The highest BCUT2D eigenvalue weighted by atomic mass is 32.2. The summed E-state index contributed by atoms with van der Waals surface area (Å²) in [6.07, 6.45) is 2.27. The zero-order valence-corrected chi connectivity index (χ0v) is 22.4. The molecule has 9 heteroatoms. The van der Waals surface area contributed by atoms with Gasteiger partial charge >= 0.3 is 0 Å². The standard InChI is InChI=1S/C27H38FN3O4S/c1-5-24(27(33)29-20-21(2)3)30(19-17-22-12-7-6-8-13-22)26(32)16-11-18-31(36(4,34)35)25-15-10-9-14-23(25)28/h6-10,12-15,21,24H,5,11,16-20H2,1-4H3,(H,29,33). The number of rotatable bonds is 14. The Morgan fingerprint density at radius 2 is 1.64 bits per heavy atom. The number of sulfonamides is 1. The minimum Gasteiger partial charge on any atom is -0.354 e. The van der Waals surface area contributed by atoms with Crippen molar-refractivity contribution in [3.8, 4) is 0 Å². The van der Waals surface area contributed by atoms with E-state index >= 15 is 0 Å². The molecule has 0 bridgehead atoms. The summed E-state index contributed by atoms with van der Waals surface area (Å²) in [5.41, 5.74) is 1.00. The van der Waals surface area contributed by atoms with Crippen LogP contribution in [0.3, 0.4) is 0 Å². The Balaban J connectivity index is 2.16. The summed E-state index contributed by atoms with van der Waals surface area (Å²) in [5, 5.41) is 2.93. The Morgan fingerprint density at radius 1 is 1.00 bits per heavy atom. The largest absolute Gasteiger partial charge is 0.354 e. The number of benzene rings is 2. The van der Waals surface area contributed by atoms with Gasteiger partial charge in [-0.1, -0.05) is 63.2 Å². The first-order valence-corrected chi connectivity index (χ1v) is 14.2. The molecular formula is C27H38FN3O4S. The van der Waals surface area contributed by atoms with Gasteiger partial charge in [0, 0.05) is 26.1 Å². The first kappa shape index (κ1) is 29.3. The third kappa shape index (κ3) is 8.93. The molecule has 1 N–H and O–H groups in total. The van der Waals surface area contributed by atoms with Crippen LogP contribution in [0.2, 0.25) is 0 Å². The van der Waals surface area contributed by atoms with Crippen LogP contribution in [0.15, 0.2) is 54.6 Å². The highest BCUT2D eigenvalue weighted by Crippen LogP contribution is 2.22. The second kappa shape index (κ2) is 14.0. The molecule has 2 aromatic rings. The van der Waals surface area contributed by atoms with Crippen molar-refractivity contribution in [3.63, 3.8) is 0 Å². The SMILES string of the molecule is CCC(C(=O)NCC(C)C)N(CCc1ccccc1)C(=O)CCCN(c1ccccc1F)S(C)(=O)=O. The van der Waals surface area contributed by atoms with Crippen molar-refractivity contribution >= 4 is 27.5 Å². The molecule has 0 saturated carbocycles. The van der Waals surface area contributed by atoms with Crippen LogP contribution in [-0.4, -0.2) is 57.1 Å². The Kier molecular flexibility index (Phi) is 11.4. The average molecular weight is 520 g/mol. The first-order valence-electron chi connectivity index (χ1n) is 12.4. The maximum Gasteiger partial charge on any atom is 0.242 e. The number of amides is 2. The lowest BCUT2D eigenvalue weighted by Gasteiger charge is -2.31. The van der Waals surface area contributed by atoms with E-state index in [1.165, 1.54) is 18.2 Å². The molecule has 0 saturated heterocycles. The molecule has 0 spiro atoms. The maximum atomic E-state index is 14.3. The maximum absolute atomic E-state index is 14.3. The Bertz CT molecular complexity index is 1090. The van der Waals surface area contributed by atoms with Gasteiger partial charge in [0.2, 0.25) is 21.8 Å². The second-order valence-electron chi connectivity index (χ2n) is 9.28. The lowest BCUT2D eigenvalue weighted by atomic mass is 10.1. The van der Waals surface area contributed by atoms with Gasteiger partial charge in [0.1, 0.15) is 11.9 Å². The number of anilines is 1. The summed E-state index contributed by atoms with van der Waals surface area (Å²) in [5.74, 6) is -0.803. The molecule has 0 aromatic heterocycles. The summed E-state index contributed by atoms with van der Waals surface area (Å²) in [6.45, 7) is 6.70. The molecule has 36 heavy (non-hydrogen) atoms. The summed E-state index contributed by atoms with van der Waals surface area (Å²) < 4.78 is 39.9. The van der Waals surface area contributed by atoms with Gasteiger partial charge in [-0.25, -0.2) is 12.8 Å². The number of carbonyl (C=O) groups is 2. The van der Waals surface area contributed by atoms with Gasteiger partial charge in [-0.05, 0) is 42.9 Å². The van der Waals surface area contributed by atoms with E-state index in [9.17, 15) is 22.4 Å². The number of hydrogen-bond acceptors (Lipinski definition) is 4. The molecule has 7 nitrogen and oxygen atoms in total. The lowest BCUT2D eigenvalue weighted by molar-refractivity contribution is -0.140. The van der Waals surface area contributed by atoms with Crippen LogP contribution in [-0.2, 0) is 26.0 Å². The lowest BCUT2D eigenvalue weighted by Crippen LogP contribution is -2.50. The molecule has 0 aliphatic carbocycles. The Hall–Kier alpha value is -2.94. The van der Waals surface area contributed by atoms with E-state index in [4.69, 9.17) is 0 Å². The zero-order valence-electron chi connectivity index (χ0n) is 21.6. The van der Waals surface area contributed by atoms with E-state index in [2.05, 4.69) is 5.32 Å². The van der Waals surface area contributed by atoms with Crippen molar-refractivity contribution in [2.75, 3.05) is 30.2 Å². The minimum atomic E-state index is -3.75. The summed E-state index contributed by atoms with van der Waals surface area (Å²) in [4.78, 5) is 27.9. The minimum absolute atomic E-state index is 0.0310. The Morgan fingerprint density at radius 3 is 2.22 bits per heavy atom. The molecule has 0 fully saturated rings. The van der Waals surface area contributed by atoms with Crippen LogP contribution in [0.5, 0.6) is 0 Å². The molecule has 1 unspecified atom stereocenters. The highest BCUT2D eigenvalue weighted by Gasteiger charge is 2.28. The van der Waals surface area contributed by atoms with Gasteiger partial charge in [0.15, 0.2) is 0 Å². The van der Waals surface area contributed by atoms with Crippen molar-refractivity contribution < 1.29 is 22.4 Å². The van der Waals surface area contributed by atoms with Gasteiger partial charge in [-0.3, -0.25) is 13.9 Å². The first-order chi connectivity index (χ1) is 17.0. The van der Waals surface area contributed by atoms with E-state index in [1.807, 2.05) is 51.1 Å². The molecule has 2 aromatic carbocycles. The molecule has 1 atom stereocenters. The molecule has 0 aliphatic rings. The molecule has 0 aliphatic heterocycles. The third-order valence-corrected chi connectivity index (χ3v) is 7.01. The molecule has 0 radical (unpaired) electrons. The molecule has 2 amide bonds. The Labute approximate surface area is 214 Å². The predicted octanol–water partition coefficient (Wildman–Crippen LogP) is 3.99. The van der Waals surface area contributed by atoms with Crippen molar-refractivity contribution in [1.29, 1.82) is 0 Å². The van der Waals surface area contributed by atoms with E-state index in [-0.39, 0.29) is 42.8 Å². The third-order valence-electron chi connectivity index (χ3n) is 5.83. The summed E-state index contributed by atoms with van der Waals surface area (Å²) in [7, 11) is -3.75.